The van der Waals surface area contributed by atoms with Crippen molar-refractivity contribution in [3.8, 4) is 0 Å². The Bertz CT molecular complexity index is 365. The van der Waals surface area contributed by atoms with Crippen molar-refractivity contribution in [1.82, 2.24) is 10.6 Å². The number of rotatable bonds is 3. The van der Waals surface area contributed by atoms with Gasteiger partial charge in [0.05, 0.1) is 5.92 Å². The SMILES string of the molecule is CNC(=O)NC(=O)[C@@H](C)OC(=O)[C@H]1CC=CCC1. The molecule has 18 heavy (non-hydrogen) atoms. The fraction of sp³-hybridized carbons (Fsp3) is 0.583. The van der Waals surface area contributed by atoms with Crippen LogP contribution in [-0.4, -0.2) is 31.1 Å². The van der Waals surface area contributed by atoms with Crippen LogP contribution in [0.1, 0.15) is 26.2 Å². The molecule has 0 aliphatic heterocycles. The lowest BCUT2D eigenvalue weighted by molar-refractivity contribution is -0.158. The standard InChI is InChI=1S/C12H18N2O4/c1-8(10(15)14-12(17)13-2)18-11(16)9-6-4-3-5-7-9/h3-4,8-9H,5-7H2,1-2H3,(H2,13,14,15,17)/t8-,9+/m1/s1. The quantitative estimate of drug-likeness (QED) is 0.574. The molecule has 0 radical (unpaired) electrons. The Morgan fingerprint density at radius 2 is 2.06 bits per heavy atom. The van der Waals surface area contributed by atoms with Crippen LogP contribution >= 0.6 is 0 Å². The van der Waals surface area contributed by atoms with E-state index in [2.05, 4.69) is 10.6 Å². The van der Waals surface area contributed by atoms with E-state index in [4.69, 9.17) is 4.74 Å². The molecule has 6 nitrogen and oxygen atoms in total. The van der Waals surface area contributed by atoms with Gasteiger partial charge >= 0.3 is 12.0 Å². The Labute approximate surface area is 106 Å². The Morgan fingerprint density at radius 3 is 2.61 bits per heavy atom. The van der Waals surface area contributed by atoms with Crippen molar-refractivity contribution in [2.24, 2.45) is 5.92 Å². The molecule has 0 unspecified atom stereocenters. The van der Waals surface area contributed by atoms with E-state index in [0.717, 1.165) is 12.8 Å². The Balaban J connectivity index is 2.41. The summed E-state index contributed by atoms with van der Waals surface area (Å²) in [6.07, 6.45) is 5.21. The van der Waals surface area contributed by atoms with Gasteiger partial charge in [0.15, 0.2) is 6.10 Å². The first kappa shape index (κ1) is 14.2. The van der Waals surface area contributed by atoms with Gasteiger partial charge in [0, 0.05) is 7.05 Å². The minimum absolute atomic E-state index is 0.190. The molecule has 1 aliphatic carbocycles. The third kappa shape index (κ3) is 4.20. The normalized spacial score (nSPS) is 19.8. The number of hydrogen-bond acceptors (Lipinski definition) is 4. The van der Waals surface area contributed by atoms with Crippen molar-refractivity contribution in [1.29, 1.82) is 0 Å². The highest BCUT2D eigenvalue weighted by atomic mass is 16.5. The molecule has 6 heteroatoms. The van der Waals surface area contributed by atoms with Crippen molar-refractivity contribution in [3.63, 3.8) is 0 Å². The summed E-state index contributed by atoms with van der Waals surface area (Å²) >= 11 is 0. The Kier molecular flexibility index (Phi) is 5.35. The number of urea groups is 1. The molecule has 0 aromatic carbocycles. The molecule has 0 saturated heterocycles. The van der Waals surface area contributed by atoms with Crippen LogP contribution < -0.4 is 10.6 Å². The number of ether oxygens (including phenoxy) is 1. The summed E-state index contributed by atoms with van der Waals surface area (Å²) < 4.78 is 5.03. The minimum atomic E-state index is -0.972. The molecular weight excluding hydrogens is 236 g/mol. The zero-order valence-corrected chi connectivity index (χ0v) is 10.6. The van der Waals surface area contributed by atoms with Crippen molar-refractivity contribution in [3.05, 3.63) is 12.2 Å². The van der Waals surface area contributed by atoms with E-state index in [0.29, 0.717) is 6.42 Å². The molecule has 0 aromatic heterocycles. The van der Waals surface area contributed by atoms with E-state index < -0.39 is 18.0 Å². The first-order valence-electron chi connectivity index (χ1n) is 5.92. The van der Waals surface area contributed by atoms with Crippen LogP contribution in [0.15, 0.2) is 12.2 Å². The van der Waals surface area contributed by atoms with E-state index >= 15 is 0 Å². The number of allylic oxidation sites excluding steroid dienone is 2. The van der Waals surface area contributed by atoms with E-state index in [1.165, 1.54) is 14.0 Å². The van der Waals surface area contributed by atoms with Gasteiger partial charge in [-0.3, -0.25) is 14.9 Å². The van der Waals surface area contributed by atoms with Gasteiger partial charge in [-0.05, 0) is 26.2 Å². The predicted molar refractivity (Wildman–Crippen MR) is 64.6 cm³/mol. The monoisotopic (exact) mass is 254 g/mol. The fourth-order valence-electron chi connectivity index (χ4n) is 1.61. The molecule has 100 valence electrons. The van der Waals surface area contributed by atoms with Crippen LogP contribution in [0.3, 0.4) is 0 Å². The van der Waals surface area contributed by atoms with Crippen LogP contribution in [0.2, 0.25) is 0 Å². The van der Waals surface area contributed by atoms with Gasteiger partial charge in [-0.1, -0.05) is 12.2 Å². The van der Waals surface area contributed by atoms with Crippen LogP contribution in [-0.2, 0) is 14.3 Å². The topological polar surface area (TPSA) is 84.5 Å². The van der Waals surface area contributed by atoms with Crippen LogP contribution in [0, 0.1) is 5.92 Å². The van der Waals surface area contributed by atoms with Gasteiger partial charge in [0.1, 0.15) is 0 Å². The minimum Gasteiger partial charge on any atom is -0.452 e. The molecule has 0 bridgehead atoms. The van der Waals surface area contributed by atoms with Crippen LogP contribution in [0.5, 0.6) is 0 Å². The van der Waals surface area contributed by atoms with E-state index in [-0.39, 0.29) is 11.9 Å². The molecule has 2 N–H and O–H groups in total. The number of carbonyl (C=O) groups excluding carboxylic acids is 3. The smallest absolute Gasteiger partial charge is 0.321 e. The number of hydrogen-bond donors (Lipinski definition) is 2. The second-order valence-electron chi connectivity index (χ2n) is 4.13. The zero-order chi connectivity index (χ0) is 13.5. The van der Waals surface area contributed by atoms with Crippen molar-refractivity contribution in [2.45, 2.75) is 32.3 Å². The molecule has 2 atom stereocenters. The lowest BCUT2D eigenvalue weighted by Gasteiger charge is -2.19. The van der Waals surface area contributed by atoms with E-state index in [9.17, 15) is 14.4 Å². The molecule has 1 aliphatic rings. The van der Waals surface area contributed by atoms with Crippen molar-refractivity contribution >= 4 is 17.9 Å². The van der Waals surface area contributed by atoms with E-state index in [1.54, 1.807) is 0 Å². The second kappa shape index (κ2) is 6.78. The summed E-state index contributed by atoms with van der Waals surface area (Å²) in [6.45, 7) is 1.44. The predicted octanol–water partition coefficient (Wildman–Crippen LogP) is 0.730. The number of esters is 1. The van der Waals surface area contributed by atoms with Crippen LogP contribution in [0.4, 0.5) is 4.79 Å². The van der Waals surface area contributed by atoms with Crippen molar-refractivity contribution < 1.29 is 19.1 Å². The number of carbonyl (C=O) groups is 3. The average Bonchev–Trinajstić information content (AvgIpc) is 2.39. The first-order chi connectivity index (χ1) is 8.54. The lowest BCUT2D eigenvalue weighted by atomic mass is 9.95. The Morgan fingerprint density at radius 1 is 1.33 bits per heavy atom. The van der Waals surface area contributed by atoms with E-state index in [1.807, 2.05) is 12.2 Å². The zero-order valence-electron chi connectivity index (χ0n) is 10.6. The molecule has 0 heterocycles. The summed E-state index contributed by atoms with van der Waals surface area (Å²) in [5.74, 6) is -1.21. The number of amides is 3. The highest BCUT2D eigenvalue weighted by Gasteiger charge is 2.25. The second-order valence-corrected chi connectivity index (χ2v) is 4.13. The lowest BCUT2D eigenvalue weighted by Crippen LogP contribution is -2.44. The maximum atomic E-state index is 11.7. The summed E-state index contributed by atoms with van der Waals surface area (Å²) in [4.78, 5) is 34.1. The maximum absolute atomic E-state index is 11.7. The largest absolute Gasteiger partial charge is 0.452 e. The third-order valence-corrected chi connectivity index (χ3v) is 2.73. The number of imide groups is 1. The molecular formula is C12H18N2O4. The highest BCUT2D eigenvalue weighted by Crippen LogP contribution is 2.19. The van der Waals surface area contributed by atoms with Crippen LogP contribution in [0.25, 0.3) is 0 Å². The highest BCUT2D eigenvalue weighted by molar-refractivity contribution is 5.97. The molecule has 1 rings (SSSR count). The van der Waals surface area contributed by atoms with Gasteiger partial charge in [-0.2, -0.15) is 0 Å². The third-order valence-electron chi connectivity index (χ3n) is 2.73. The summed E-state index contributed by atoms with van der Waals surface area (Å²) in [7, 11) is 1.40. The fourth-order valence-corrected chi connectivity index (χ4v) is 1.61. The molecule has 0 aromatic rings. The van der Waals surface area contributed by atoms with Gasteiger partial charge in [-0.15, -0.1) is 0 Å². The summed E-state index contributed by atoms with van der Waals surface area (Å²) in [5, 5.41) is 4.30. The molecule has 0 spiro atoms. The van der Waals surface area contributed by atoms with Gasteiger partial charge in [0.25, 0.3) is 5.91 Å². The maximum Gasteiger partial charge on any atom is 0.321 e. The molecule has 3 amide bonds. The van der Waals surface area contributed by atoms with Gasteiger partial charge in [-0.25, -0.2) is 4.79 Å². The molecule has 0 saturated carbocycles. The van der Waals surface area contributed by atoms with Gasteiger partial charge in [0.2, 0.25) is 0 Å². The van der Waals surface area contributed by atoms with Crippen molar-refractivity contribution in [2.75, 3.05) is 7.05 Å². The number of nitrogens with one attached hydrogen (secondary N) is 2. The first-order valence-corrected chi connectivity index (χ1v) is 5.92. The van der Waals surface area contributed by atoms with Gasteiger partial charge < -0.3 is 10.1 Å². The average molecular weight is 254 g/mol. The summed E-state index contributed by atoms with van der Waals surface area (Å²) in [6, 6.07) is -0.622. The Hall–Kier alpha value is -1.85. The molecule has 0 fully saturated rings. The summed E-state index contributed by atoms with van der Waals surface area (Å²) in [5.41, 5.74) is 0.